The van der Waals surface area contributed by atoms with Gasteiger partial charge in [0.05, 0.1) is 5.75 Å². The van der Waals surface area contributed by atoms with E-state index in [1.54, 1.807) is 4.52 Å². The number of aryl methyl sites for hydroxylation is 3. The molecule has 27 heavy (non-hydrogen) atoms. The van der Waals surface area contributed by atoms with Gasteiger partial charge in [-0.3, -0.25) is 4.79 Å². The lowest BCUT2D eigenvalue weighted by molar-refractivity contribution is -0.129. The van der Waals surface area contributed by atoms with Crippen molar-refractivity contribution in [2.24, 2.45) is 0 Å². The number of hydrogen-bond acceptors (Lipinski definition) is 5. The molecule has 0 aliphatic rings. The Bertz CT molecular complexity index is 935. The Balaban J connectivity index is 1.66. The molecule has 2 heterocycles. The molecule has 0 bridgehead atoms. The van der Waals surface area contributed by atoms with E-state index in [1.165, 1.54) is 17.3 Å². The van der Waals surface area contributed by atoms with Gasteiger partial charge in [0.1, 0.15) is 0 Å². The normalized spacial score (nSPS) is 11.1. The van der Waals surface area contributed by atoms with E-state index in [1.807, 2.05) is 24.8 Å². The maximum atomic E-state index is 12.7. The Hall–Kier alpha value is -2.41. The molecule has 2 aromatic heterocycles. The summed E-state index contributed by atoms with van der Waals surface area (Å²) in [5, 5.41) is 5.04. The number of thioether (sulfide) groups is 1. The van der Waals surface area contributed by atoms with Gasteiger partial charge in [0.15, 0.2) is 0 Å². The van der Waals surface area contributed by atoms with Crippen LogP contribution in [0.25, 0.3) is 5.78 Å². The minimum absolute atomic E-state index is 0.0992. The highest BCUT2D eigenvalue weighted by atomic mass is 32.2. The van der Waals surface area contributed by atoms with Gasteiger partial charge in [-0.05, 0) is 38.8 Å². The first-order valence-corrected chi connectivity index (χ1v) is 10.1. The number of amides is 1. The SMILES string of the molecule is CCCN(Cc1ccc(C)cc1)C(=O)CSc1nc2nc(C)cc(C)n2n1. The monoisotopic (exact) mass is 383 g/mol. The van der Waals surface area contributed by atoms with E-state index in [0.29, 0.717) is 23.2 Å². The molecule has 1 amide bonds. The third kappa shape index (κ3) is 4.86. The minimum Gasteiger partial charge on any atom is -0.338 e. The molecule has 3 rings (SSSR count). The summed E-state index contributed by atoms with van der Waals surface area (Å²) in [6.45, 7) is 9.43. The quantitative estimate of drug-likeness (QED) is 0.584. The van der Waals surface area contributed by atoms with Gasteiger partial charge in [0, 0.05) is 24.5 Å². The Morgan fingerprint density at radius 3 is 2.59 bits per heavy atom. The van der Waals surface area contributed by atoms with Crippen molar-refractivity contribution in [3.63, 3.8) is 0 Å². The predicted octanol–water partition coefficient (Wildman–Crippen LogP) is 3.58. The van der Waals surface area contributed by atoms with Crippen LogP contribution >= 0.6 is 11.8 Å². The van der Waals surface area contributed by atoms with Crippen LogP contribution in [0, 0.1) is 20.8 Å². The average Bonchev–Trinajstić information content (AvgIpc) is 3.04. The van der Waals surface area contributed by atoms with Crippen LogP contribution in [-0.4, -0.2) is 42.7 Å². The predicted molar refractivity (Wildman–Crippen MR) is 108 cm³/mol. The molecule has 0 unspecified atom stereocenters. The summed E-state index contributed by atoms with van der Waals surface area (Å²) in [4.78, 5) is 23.5. The number of carbonyl (C=O) groups excluding carboxylic acids is 1. The summed E-state index contributed by atoms with van der Waals surface area (Å²) in [6.07, 6.45) is 0.928. The zero-order valence-corrected chi connectivity index (χ0v) is 17.1. The number of rotatable bonds is 7. The molecular weight excluding hydrogens is 358 g/mol. The summed E-state index contributed by atoms with van der Waals surface area (Å²) in [5.41, 5.74) is 4.26. The molecule has 1 aromatic carbocycles. The second kappa shape index (κ2) is 8.52. The highest BCUT2D eigenvalue weighted by molar-refractivity contribution is 7.99. The lowest BCUT2D eigenvalue weighted by Crippen LogP contribution is -2.32. The molecule has 0 aliphatic carbocycles. The first kappa shape index (κ1) is 19.4. The fraction of sp³-hybridized carbons (Fsp3) is 0.400. The van der Waals surface area contributed by atoms with Crippen molar-refractivity contribution < 1.29 is 4.79 Å². The molecular formula is C20H25N5OS. The van der Waals surface area contributed by atoms with Crippen molar-refractivity contribution >= 4 is 23.4 Å². The smallest absolute Gasteiger partial charge is 0.253 e. The van der Waals surface area contributed by atoms with Gasteiger partial charge < -0.3 is 4.90 Å². The van der Waals surface area contributed by atoms with Gasteiger partial charge in [-0.2, -0.15) is 4.98 Å². The fourth-order valence-electron chi connectivity index (χ4n) is 2.90. The van der Waals surface area contributed by atoms with Crippen LogP contribution in [0.4, 0.5) is 0 Å². The Morgan fingerprint density at radius 2 is 1.89 bits per heavy atom. The van der Waals surface area contributed by atoms with Crippen LogP contribution in [-0.2, 0) is 11.3 Å². The third-order valence-electron chi connectivity index (χ3n) is 4.26. The molecule has 0 N–H and O–H groups in total. The molecule has 3 aromatic rings. The van der Waals surface area contributed by atoms with Gasteiger partial charge in [-0.25, -0.2) is 9.50 Å². The lowest BCUT2D eigenvalue weighted by Gasteiger charge is -2.22. The zero-order valence-electron chi connectivity index (χ0n) is 16.3. The number of aromatic nitrogens is 4. The average molecular weight is 384 g/mol. The van der Waals surface area contributed by atoms with E-state index in [2.05, 4.69) is 53.2 Å². The van der Waals surface area contributed by atoms with Crippen molar-refractivity contribution in [3.05, 3.63) is 52.8 Å². The Labute approximate surface area is 164 Å². The van der Waals surface area contributed by atoms with E-state index in [4.69, 9.17) is 0 Å². The molecule has 6 nitrogen and oxygen atoms in total. The largest absolute Gasteiger partial charge is 0.338 e. The minimum atomic E-state index is 0.0992. The topological polar surface area (TPSA) is 63.4 Å². The first-order valence-electron chi connectivity index (χ1n) is 9.13. The maximum absolute atomic E-state index is 12.7. The van der Waals surface area contributed by atoms with Crippen molar-refractivity contribution in [2.75, 3.05) is 12.3 Å². The second-order valence-electron chi connectivity index (χ2n) is 6.73. The highest BCUT2D eigenvalue weighted by Gasteiger charge is 2.16. The molecule has 0 saturated heterocycles. The van der Waals surface area contributed by atoms with Crippen LogP contribution in [0.5, 0.6) is 0 Å². The number of fused-ring (bicyclic) bond motifs is 1. The summed E-state index contributed by atoms with van der Waals surface area (Å²) in [6, 6.07) is 10.3. The van der Waals surface area contributed by atoms with Crippen LogP contribution in [0.3, 0.4) is 0 Å². The van der Waals surface area contributed by atoms with Crippen LogP contribution in [0.1, 0.15) is 35.9 Å². The van der Waals surface area contributed by atoms with Crippen molar-refractivity contribution in [2.45, 2.75) is 45.8 Å². The second-order valence-corrected chi connectivity index (χ2v) is 7.68. The number of hydrogen-bond donors (Lipinski definition) is 0. The highest BCUT2D eigenvalue weighted by Crippen LogP contribution is 2.17. The summed E-state index contributed by atoms with van der Waals surface area (Å²) < 4.78 is 1.72. The number of benzene rings is 1. The van der Waals surface area contributed by atoms with Crippen molar-refractivity contribution in [1.29, 1.82) is 0 Å². The molecule has 7 heteroatoms. The molecule has 0 spiro atoms. The first-order chi connectivity index (χ1) is 13.0. The van der Waals surface area contributed by atoms with Gasteiger partial charge in [-0.15, -0.1) is 5.10 Å². The van der Waals surface area contributed by atoms with Crippen molar-refractivity contribution in [1.82, 2.24) is 24.5 Å². The summed E-state index contributed by atoms with van der Waals surface area (Å²) in [7, 11) is 0. The van der Waals surface area contributed by atoms with Crippen LogP contribution in [0.15, 0.2) is 35.5 Å². The summed E-state index contributed by atoms with van der Waals surface area (Å²) in [5.74, 6) is 0.996. The number of carbonyl (C=O) groups is 1. The number of nitrogens with zero attached hydrogens (tertiary/aromatic N) is 5. The van der Waals surface area contributed by atoms with Gasteiger partial charge in [-0.1, -0.05) is 48.5 Å². The molecule has 0 radical (unpaired) electrons. The summed E-state index contributed by atoms with van der Waals surface area (Å²) >= 11 is 1.36. The van der Waals surface area contributed by atoms with Crippen molar-refractivity contribution in [3.8, 4) is 0 Å². The van der Waals surface area contributed by atoms with E-state index in [9.17, 15) is 4.79 Å². The molecule has 0 aliphatic heterocycles. The van der Waals surface area contributed by atoms with Gasteiger partial charge in [0.25, 0.3) is 5.78 Å². The van der Waals surface area contributed by atoms with Crippen LogP contribution < -0.4 is 0 Å². The molecule has 0 fully saturated rings. The van der Waals surface area contributed by atoms with E-state index in [0.717, 1.165) is 29.9 Å². The van der Waals surface area contributed by atoms with E-state index < -0.39 is 0 Å². The molecule has 142 valence electrons. The maximum Gasteiger partial charge on any atom is 0.253 e. The Morgan fingerprint density at radius 1 is 1.15 bits per heavy atom. The fourth-order valence-corrected chi connectivity index (χ4v) is 3.62. The van der Waals surface area contributed by atoms with E-state index >= 15 is 0 Å². The third-order valence-corrected chi connectivity index (χ3v) is 5.09. The van der Waals surface area contributed by atoms with Gasteiger partial charge in [0.2, 0.25) is 11.1 Å². The standard InChI is InChI=1S/C20H25N5OS/c1-5-10-24(12-17-8-6-14(2)7-9-17)18(26)13-27-20-22-19-21-15(3)11-16(4)25(19)23-20/h6-9,11H,5,10,12-13H2,1-4H3. The van der Waals surface area contributed by atoms with Gasteiger partial charge >= 0.3 is 0 Å². The molecule has 0 saturated carbocycles. The molecule has 0 atom stereocenters. The lowest BCUT2D eigenvalue weighted by atomic mass is 10.1. The zero-order chi connectivity index (χ0) is 19.4. The van der Waals surface area contributed by atoms with Crippen LogP contribution in [0.2, 0.25) is 0 Å². The Kier molecular flexibility index (Phi) is 6.11. The van der Waals surface area contributed by atoms with E-state index in [-0.39, 0.29) is 5.91 Å².